The fraction of sp³-hybridized carbons (Fsp3) is 0.762. The van der Waals surface area contributed by atoms with E-state index in [-0.39, 0.29) is 0 Å². The van der Waals surface area contributed by atoms with Gasteiger partial charge in [-0.3, -0.25) is 9.67 Å². The molecule has 2 aliphatic heterocycles. The molecule has 2 saturated heterocycles. The molecule has 2 aromatic rings. The molecule has 2 aromatic heterocycles. The summed E-state index contributed by atoms with van der Waals surface area (Å²) in [5.41, 5.74) is 2.48. The van der Waals surface area contributed by atoms with Crippen molar-refractivity contribution >= 4 is 5.95 Å². The van der Waals surface area contributed by atoms with E-state index in [1.54, 1.807) is 0 Å². The second kappa shape index (κ2) is 8.64. The predicted octanol–water partition coefficient (Wildman–Crippen LogP) is 3.46. The molecule has 0 bridgehead atoms. The van der Waals surface area contributed by atoms with E-state index in [1.807, 2.05) is 6.20 Å². The highest BCUT2D eigenvalue weighted by molar-refractivity contribution is 5.33. The zero-order valence-electron chi connectivity index (χ0n) is 17.5. The molecule has 1 unspecified atom stereocenters. The van der Waals surface area contributed by atoms with E-state index in [2.05, 4.69) is 50.6 Å². The van der Waals surface area contributed by atoms with Crippen LogP contribution in [-0.4, -0.2) is 50.8 Å². The Labute approximate surface area is 167 Å². The first-order chi connectivity index (χ1) is 13.7. The van der Waals surface area contributed by atoms with E-state index in [0.717, 1.165) is 57.3 Å². The number of hydrogen-bond acceptors (Lipinski definition) is 5. The van der Waals surface area contributed by atoms with Crippen LogP contribution in [0.5, 0.6) is 0 Å². The molecule has 0 aliphatic carbocycles. The lowest BCUT2D eigenvalue weighted by Crippen LogP contribution is -2.32. The molecule has 0 saturated carbocycles. The van der Waals surface area contributed by atoms with Crippen LogP contribution in [0.15, 0.2) is 6.20 Å². The molecule has 7 heteroatoms. The maximum Gasteiger partial charge on any atom is 0.227 e. The molecular formula is C21H34N6O. The molecule has 0 aromatic carbocycles. The van der Waals surface area contributed by atoms with Crippen molar-refractivity contribution in [3.05, 3.63) is 23.3 Å². The summed E-state index contributed by atoms with van der Waals surface area (Å²) >= 11 is 0. The lowest BCUT2D eigenvalue weighted by molar-refractivity contribution is 0.0879. The van der Waals surface area contributed by atoms with Crippen molar-refractivity contribution in [3.63, 3.8) is 0 Å². The summed E-state index contributed by atoms with van der Waals surface area (Å²) in [6.45, 7) is 10.5. The Bertz CT molecular complexity index is 769. The number of H-pyrrole nitrogens is 1. The molecule has 3 atom stereocenters. The highest BCUT2D eigenvalue weighted by atomic mass is 16.5. The van der Waals surface area contributed by atoms with Gasteiger partial charge in [0, 0.05) is 43.8 Å². The van der Waals surface area contributed by atoms with Crippen molar-refractivity contribution in [2.24, 2.45) is 5.92 Å². The van der Waals surface area contributed by atoms with Crippen molar-refractivity contribution in [3.8, 4) is 0 Å². The highest BCUT2D eigenvalue weighted by Gasteiger charge is 2.33. The predicted molar refractivity (Wildman–Crippen MR) is 110 cm³/mol. The number of ether oxygens (including phenoxy) is 1. The quantitative estimate of drug-likeness (QED) is 0.789. The van der Waals surface area contributed by atoms with Crippen molar-refractivity contribution in [1.29, 1.82) is 0 Å². The fourth-order valence-corrected chi connectivity index (χ4v) is 4.62. The molecule has 0 amide bonds. The number of rotatable bonds is 7. The summed E-state index contributed by atoms with van der Waals surface area (Å²) in [7, 11) is 0. The van der Waals surface area contributed by atoms with Crippen molar-refractivity contribution in [2.75, 3.05) is 24.6 Å². The summed E-state index contributed by atoms with van der Waals surface area (Å²) in [5, 5.41) is 16.5. The normalized spacial score (nSPS) is 23.6. The molecule has 7 nitrogen and oxygen atoms in total. The molecule has 4 heterocycles. The Hall–Kier alpha value is -1.89. The smallest absolute Gasteiger partial charge is 0.227 e. The third-order valence-electron chi connectivity index (χ3n) is 6.58. The molecule has 1 N–H and O–H groups in total. The Morgan fingerprint density at radius 1 is 1.32 bits per heavy atom. The first kappa shape index (κ1) is 19.4. The minimum atomic E-state index is 0.423. The van der Waals surface area contributed by atoms with Gasteiger partial charge in [0.25, 0.3) is 0 Å². The van der Waals surface area contributed by atoms with Gasteiger partial charge in [-0.15, -0.1) is 10.2 Å². The Morgan fingerprint density at radius 3 is 3.00 bits per heavy atom. The molecule has 154 valence electrons. The maximum absolute atomic E-state index is 5.95. The van der Waals surface area contributed by atoms with Gasteiger partial charge in [-0.05, 0) is 51.0 Å². The number of nitrogens with zero attached hydrogens (tertiary/aromatic N) is 5. The molecule has 0 spiro atoms. The first-order valence-electron chi connectivity index (χ1n) is 11.0. The van der Waals surface area contributed by atoms with Crippen LogP contribution in [0.3, 0.4) is 0 Å². The topological polar surface area (TPSA) is 71.9 Å². The van der Waals surface area contributed by atoms with Crippen LogP contribution in [-0.2, 0) is 17.7 Å². The number of hydrogen-bond donors (Lipinski definition) is 1. The van der Waals surface area contributed by atoms with Gasteiger partial charge < -0.3 is 9.64 Å². The van der Waals surface area contributed by atoms with E-state index >= 15 is 0 Å². The van der Waals surface area contributed by atoms with E-state index in [9.17, 15) is 0 Å². The summed E-state index contributed by atoms with van der Waals surface area (Å²) in [6.07, 6.45) is 9.09. The van der Waals surface area contributed by atoms with Gasteiger partial charge in [0.2, 0.25) is 5.95 Å². The second-order valence-electron chi connectivity index (χ2n) is 8.49. The van der Waals surface area contributed by atoms with Crippen LogP contribution in [0.1, 0.15) is 69.0 Å². The zero-order valence-corrected chi connectivity index (χ0v) is 17.5. The van der Waals surface area contributed by atoms with Crippen LogP contribution in [0.25, 0.3) is 0 Å². The summed E-state index contributed by atoms with van der Waals surface area (Å²) in [5.74, 6) is 3.25. The lowest BCUT2D eigenvalue weighted by atomic mass is 9.99. The second-order valence-corrected chi connectivity index (χ2v) is 8.49. The van der Waals surface area contributed by atoms with Gasteiger partial charge >= 0.3 is 0 Å². The van der Waals surface area contributed by atoms with Gasteiger partial charge in [-0.25, -0.2) is 0 Å². The van der Waals surface area contributed by atoms with Gasteiger partial charge in [0.05, 0.1) is 12.3 Å². The van der Waals surface area contributed by atoms with Crippen LogP contribution in [0.2, 0.25) is 0 Å². The van der Waals surface area contributed by atoms with Gasteiger partial charge in [-0.2, -0.15) is 5.10 Å². The average Bonchev–Trinajstić information content (AvgIpc) is 3.39. The highest BCUT2D eigenvalue weighted by Crippen LogP contribution is 2.31. The summed E-state index contributed by atoms with van der Waals surface area (Å²) in [4.78, 5) is 2.47. The summed E-state index contributed by atoms with van der Waals surface area (Å²) < 4.78 is 8.34. The van der Waals surface area contributed by atoms with Crippen LogP contribution >= 0.6 is 0 Å². The third-order valence-corrected chi connectivity index (χ3v) is 6.58. The lowest BCUT2D eigenvalue weighted by Gasteiger charge is -2.25. The Morgan fingerprint density at radius 2 is 2.21 bits per heavy atom. The van der Waals surface area contributed by atoms with Crippen molar-refractivity contribution in [1.82, 2.24) is 25.0 Å². The van der Waals surface area contributed by atoms with E-state index in [0.29, 0.717) is 17.9 Å². The minimum Gasteiger partial charge on any atom is -0.378 e. The standard InChI is InChI=1S/C21H34N6O/c1-4-15(2)20-24-25-21(26-10-6-8-19-18(14-26)9-12-28-19)27(20)11-5-7-17-13-22-23-16(17)3/h13,15,18-19H,4-12,14H2,1-3H3,(H,22,23)/t15?,18-,19+/m1/s1. The van der Waals surface area contributed by atoms with Crippen LogP contribution in [0.4, 0.5) is 5.95 Å². The largest absolute Gasteiger partial charge is 0.378 e. The van der Waals surface area contributed by atoms with Crippen LogP contribution < -0.4 is 4.90 Å². The number of nitrogens with one attached hydrogen (secondary N) is 1. The SMILES string of the molecule is CCC(C)c1nnc(N2CCC[C@@H]3OCC[C@@H]3C2)n1CCCc1cn[nH]c1C. The number of aromatic nitrogens is 5. The average molecular weight is 387 g/mol. The number of aromatic amines is 1. The van der Waals surface area contributed by atoms with Crippen molar-refractivity contribution in [2.45, 2.75) is 77.9 Å². The molecule has 28 heavy (non-hydrogen) atoms. The molecule has 2 aliphatic rings. The fourth-order valence-electron chi connectivity index (χ4n) is 4.62. The van der Waals surface area contributed by atoms with E-state index in [1.165, 1.54) is 30.5 Å². The number of aryl methyl sites for hydroxylation is 2. The monoisotopic (exact) mass is 386 g/mol. The van der Waals surface area contributed by atoms with Crippen molar-refractivity contribution < 1.29 is 4.74 Å². The first-order valence-corrected chi connectivity index (χ1v) is 11.0. The van der Waals surface area contributed by atoms with E-state index < -0.39 is 0 Å². The molecule has 2 fully saturated rings. The number of fused-ring (bicyclic) bond motifs is 1. The van der Waals surface area contributed by atoms with Gasteiger partial charge in [0.1, 0.15) is 5.82 Å². The molecular weight excluding hydrogens is 352 g/mol. The minimum absolute atomic E-state index is 0.423. The van der Waals surface area contributed by atoms with E-state index in [4.69, 9.17) is 4.74 Å². The van der Waals surface area contributed by atoms with Gasteiger partial charge in [0.15, 0.2) is 0 Å². The Kier molecular flexibility index (Phi) is 5.99. The molecule has 0 radical (unpaired) electrons. The summed E-state index contributed by atoms with van der Waals surface area (Å²) in [6, 6.07) is 0. The maximum atomic E-state index is 5.95. The molecule has 4 rings (SSSR count). The van der Waals surface area contributed by atoms with Crippen LogP contribution in [0, 0.1) is 12.8 Å². The zero-order chi connectivity index (χ0) is 19.5. The Balaban J connectivity index is 1.52. The number of anilines is 1. The van der Waals surface area contributed by atoms with Gasteiger partial charge in [-0.1, -0.05) is 13.8 Å². The third kappa shape index (κ3) is 3.95.